The Morgan fingerprint density at radius 3 is 1.29 bits per heavy atom. The zero-order chi connectivity index (χ0) is 39.0. The first-order valence-electron chi connectivity index (χ1n) is 20.0. The van der Waals surface area contributed by atoms with Gasteiger partial charge in [0.1, 0.15) is 23.0 Å². The number of nitrogens with zero attached hydrogens (tertiary/aromatic N) is 2. The van der Waals surface area contributed by atoms with Gasteiger partial charge in [0.15, 0.2) is 0 Å². The number of ether oxygens (including phenoxy) is 4. The molecular formula is C46H52Br2N2O6. The van der Waals surface area contributed by atoms with Crippen LogP contribution in [0.25, 0.3) is 0 Å². The van der Waals surface area contributed by atoms with E-state index in [2.05, 4.69) is 68.3 Å². The molecule has 8 rings (SSSR count). The predicted molar refractivity (Wildman–Crippen MR) is 226 cm³/mol. The van der Waals surface area contributed by atoms with Crippen molar-refractivity contribution in [2.75, 3.05) is 27.3 Å². The van der Waals surface area contributed by atoms with Crippen LogP contribution in [0.2, 0.25) is 0 Å². The molecule has 4 aromatic carbocycles. The third-order valence-electron chi connectivity index (χ3n) is 11.5. The van der Waals surface area contributed by atoms with Gasteiger partial charge < -0.3 is 28.7 Å². The average Bonchev–Trinajstić information content (AvgIpc) is 4.04. The molecule has 296 valence electrons. The van der Waals surface area contributed by atoms with E-state index in [0.717, 1.165) is 93.0 Å². The molecule has 0 spiro atoms. The highest BCUT2D eigenvalue weighted by Gasteiger charge is 2.34. The fourth-order valence-corrected chi connectivity index (χ4v) is 8.95. The third kappa shape index (κ3) is 10.3. The summed E-state index contributed by atoms with van der Waals surface area (Å²) in [6, 6.07) is 28.4. The Morgan fingerprint density at radius 1 is 0.554 bits per heavy atom. The Kier molecular flexibility index (Phi) is 13.6. The minimum atomic E-state index is 0.158. The smallest absolute Gasteiger partial charge is 0.223 e. The van der Waals surface area contributed by atoms with Crippen LogP contribution in [-0.2, 0) is 22.7 Å². The number of rotatable bonds is 12. The van der Waals surface area contributed by atoms with Gasteiger partial charge in [-0.25, -0.2) is 0 Å². The maximum atomic E-state index is 12.7. The predicted octanol–water partition coefficient (Wildman–Crippen LogP) is 10.6. The number of halogens is 2. The van der Waals surface area contributed by atoms with Gasteiger partial charge in [-0.15, -0.1) is 0 Å². The number of methoxy groups -OCH3 is 2. The number of carbonyl (C=O) groups excluding carboxylic acids is 2. The molecule has 4 fully saturated rings. The van der Waals surface area contributed by atoms with Crippen LogP contribution < -0.4 is 18.9 Å². The number of likely N-dealkylation sites (tertiary alicyclic amines) is 2. The molecule has 2 atom stereocenters. The van der Waals surface area contributed by atoms with Crippen molar-refractivity contribution in [3.8, 4) is 23.0 Å². The molecule has 2 aliphatic carbocycles. The molecule has 0 bridgehead atoms. The molecule has 4 aliphatic rings. The Hall–Kier alpha value is -4.02. The summed E-state index contributed by atoms with van der Waals surface area (Å²) < 4.78 is 25.6. The zero-order valence-corrected chi connectivity index (χ0v) is 35.6. The lowest BCUT2D eigenvalue weighted by Crippen LogP contribution is -2.24. The van der Waals surface area contributed by atoms with Crippen molar-refractivity contribution in [1.82, 2.24) is 9.80 Å². The van der Waals surface area contributed by atoms with Crippen LogP contribution in [-0.4, -0.2) is 61.1 Å². The average molecular weight is 889 g/mol. The molecule has 2 amide bonds. The monoisotopic (exact) mass is 886 g/mol. The van der Waals surface area contributed by atoms with Gasteiger partial charge in [-0.3, -0.25) is 9.59 Å². The summed E-state index contributed by atoms with van der Waals surface area (Å²) >= 11 is 6.92. The number of hydrogen-bond donors (Lipinski definition) is 0. The summed E-state index contributed by atoms with van der Waals surface area (Å²) in [6.45, 7) is 2.75. The van der Waals surface area contributed by atoms with Gasteiger partial charge in [0.25, 0.3) is 0 Å². The van der Waals surface area contributed by atoms with Crippen LogP contribution >= 0.6 is 31.9 Å². The van der Waals surface area contributed by atoms with Crippen molar-refractivity contribution in [3.63, 3.8) is 0 Å². The van der Waals surface area contributed by atoms with Crippen LogP contribution in [0.15, 0.2) is 93.9 Å². The van der Waals surface area contributed by atoms with Crippen LogP contribution in [0.1, 0.15) is 98.3 Å². The van der Waals surface area contributed by atoms with Gasteiger partial charge in [0.05, 0.1) is 26.4 Å². The molecule has 0 radical (unpaired) electrons. The maximum absolute atomic E-state index is 12.7. The fraction of sp³-hybridized carbons (Fsp3) is 0.435. The van der Waals surface area contributed by atoms with E-state index < -0.39 is 0 Å². The SMILES string of the molecule is COc1ccc([C@H]2CC(=O)N(Cc3ccc(Br)cc3)C2)c(OC2CCCC2)c1.COc1ccc([C@H]2CC(=O)N(Cc3ccc(Br)cc3)C2)c(OC2CCCC2)c1. The van der Waals surface area contributed by atoms with Crippen molar-refractivity contribution < 1.29 is 28.5 Å². The second-order valence-electron chi connectivity index (χ2n) is 15.5. The molecule has 2 heterocycles. The van der Waals surface area contributed by atoms with Gasteiger partial charge in [0.2, 0.25) is 11.8 Å². The van der Waals surface area contributed by atoms with Crippen molar-refractivity contribution in [2.45, 2.75) is 101 Å². The summed E-state index contributed by atoms with van der Waals surface area (Å²) in [5, 5.41) is 0. The zero-order valence-electron chi connectivity index (χ0n) is 32.4. The Balaban J connectivity index is 0.000000172. The van der Waals surface area contributed by atoms with Gasteiger partial charge in [0, 0.05) is 71.9 Å². The van der Waals surface area contributed by atoms with E-state index in [0.29, 0.717) is 25.9 Å². The number of benzene rings is 4. The number of hydrogen-bond acceptors (Lipinski definition) is 6. The van der Waals surface area contributed by atoms with Gasteiger partial charge in [-0.2, -0.15) is 0 Å². The van der Waals surface area contributed by atoms with E-state index in [9.17, 15) is 9.59 Å². The largest absolute Gasteiger partial charge is 0.497 e. The molecule has 0 aromatic heterocycles. The van der Waals surface area contributed by atoms with E-state index in [-0.39, 0.29) is 35.9 Å². The lowest BCUT2D eigenvalue weighted by Gasteiger charge is -2.21. The normalized spacial score (nSPS) is 20.0. The van der Waals surface area contributed by atoms with Gasteiger partial charge in [-0.05, 0) is 110 Å². The highest BCUT2D eigenvalue weighted by Crippen LogP contribution is 2.40. The first-order chi connectivity index (χ1) is 27.2. The van der Waals surface area contributed by atoms with Crippen LogP contribution in [0, 0.1) is 0 Å². The van der Waals surface area contributed by atoms with Crippen LogP contribution in [0.5, 0.6) is 23.0 Å². The molecule has 10 heteroatoms. The molecule has 8 nitrogen and oxygen atoms in total. The Bertz CT molecular complexity index is 1800. The lowest BCUT2D eigenvalue weighted by molar-refractivity contribution is -0.129. The minimum absolute atomic E-state index is 0.158. The molecule has 0 N–H and O–H groups in total. The van der Waals surface area contributed by atoms with Crippen molar-refractivity contribution in [1.29, 1.82) is 0 Å². The van der Waals surface area contributed by atoms with E-state index in [1.54, 1.807) is 14.2 Å². The highest BCUT2D eigenvalue weighted by atomic mass is 79.9. The second kappa shape index (κ2) is 18.9. The van der Waals surface area contributed by atoms with Gasteiger partial charge in [-0.1, -0.05) is 68.3 Å². The molecule has 4 aromatic rings. The summed E-state index contributed by atoms with van der Waals surface area (Å²) in [5.74, 6) is 4.09. The summed E-state index contributed by atoms with van der Waals surface area (Å²) in [6.07, 6.45) is 11.0. The van der Waals surface area contributed by atoms with E-state index in [1.165, 1.54) is 25.7 Å². The third-order valence-corrected chi connectivity index (χ3v) is 12.6. The lowest BCUT2D eigenvalue weighted by atomic mass is 9.97. The molecule has 2 saturated heterocycles. The quantitative estimate of drug-likeness (QED) is 0.141. The van der Waals surface area contributed by atoms with Crippen LogP contribution in [0.3, 0.4) is 0 Å². The Labute approximate surface area is 348 Å². The van der Waals surface area contributed by atoms with Crippen molar-refractivity contribution in [2.24, 2.45) is 0 Å². The topological polar surface area (TPSA) is 77.5 Å². The van der Waals surface area contributed by atoms with Gasteiger partial charge >= 0.3 is 0 Å². The summed E-state index contributed by atoms with van der Waals surface area (Å²) in [7, 11) is 3.35. The first-order valence-corrected chi connectivity index (χ1v) is 21.6. The Morgan fingerprint density at radius 2 is 0.929 bits per heavy atom. The first kappa shape index (κ1) is 40.2. The van der Waals surface area contributed by atoms with Crippen molar-refractivity contribution >= 4 is 43.7 Å². The molecule has 2 saturated carbocycles. The molecular weight excluding hydrogens is 836 g/mol. The van der Waals surface area contributed by atoms with Crippen molar-refractivity contribution in [3.05, 3.63) is 116 Å². The fourth-order valence-electron chi connectivity index (χ4n) is 8.42. The molecule has 56 heavy (non-hydrogen) atoms. The number of amides is 2. The van der Waals surface area contributed by atoms with Crippen LogP contribution in [0.4, 0.5) is 0 Å². The minimum Gasteiger partial charge on any atom is -0.497 e. The maximum Gasteiger partial charge on any atom is 0.223 e. The molecule has 0 unspecified atom stereocenters. The number of carbonyl (C=O) groups is 2. The summed E-state index contributed by atoms with van der Waals surface area (Å²) in [4.78, 5) is 29.2. The standard InChI is InChI=1S/2C23H26BrNO3/c2*1-27-20-10-11-21(22(13-20)28-19-4-2-3-5-19)17-12-23(26)25(15-17)14-16-6-8-18(24)9-7-16/h2*6-11,13,17,19H,2-5,12,14-15H2,1H3/t2*17-/m00/s1. The molecule has 2 aliphatic heterocycles. The summed E-state index contributed by atoms with van der Waals surface area (Å²) in [5.41, 5.74) is 4.54. The van der Waals surface area contributed by atoms with E-state index in [4.69, 9.17) is 18.9 Å². The van der Waals surface area contributed by atoms with E-state index in [1.807, 2.05) is 58.3 Å². The van der Waals surface area contributed by atoms with E-state index >= 15 is 0 Å². The highest BCUT2D eigenvalue weighted by molar-refractivity contribution is 9.10. The second-order valence-corrected chi connectivity index (χ2v) is 17.3.